The molecule has 114 valence electrons. The highest BCUT2D eigenvalue weighted by Gasteiger charge is 2.32. The third kappa shape index (κ3) is 3.19. The molecule has 0 aromatic carbocycles. The molecule has 3 rings (SSSR count). The highest BCUT2D eigenvalue weighted by atomic mass is 16.3. The van der Waals surface area contributed by atoms with Crippen LogP contribution in [0.25, 0.3) is 11.5 Å². The van der Waals surface area contributed by atoms with Gasteiger partial charge in [-0.3, -0.25) is 10.00 Å². The second kappa shape index (κ2) is 5.66. The first-order valence-electron chi connectivity index (χ1n) is 7.56. The molecule has 5 heteroatoms. The van der Waals surface area contributed by atoms with Gasteiger partial charge in [-0.2, -0.15) is 5.10 Å². The molecule has 2 heterocycles. The Kier molecular flexibility index (Phi) is 3.87. The lowest BCUT2D eigenvalue weighted by Gasteiger charge is -2.28. The molecule has 0 saturated heterocycles. The fourth-order valence-corrected chi connectivity index (χ4v) is 3.25. The number of H-pyrrole nitrogens is 1. The molecule has 2 aromatic rings. The molecule has 0 aliphatic heterocycles. The van der Waals surface area contributed by atoms with E-state index in [-0.39, 0.29) is 0 Å². The van der Waals surface area contributed by atoms with Crippen LogP contribution in [-0.4, -0.2) is 39.4 Å². The number of likely N-dealkylation sites (N-methyl/N-ethyl adjacent to an activating group) is 1. The van der Waals surface area contributed by atoms with Crippen molar-refractivity contribution in [2.75, 3.05) is 13.6 Å². The van der Waals surface area contributed by atoms with Crippen LogP contribution in [0.15, 0.2) is 22.7 Å². The van der Waals surface area contributed by atoms with E-state index < -0.39 is 5.60 Å². The Balaban J connectivity index is 1.69. The van der Waals surface area contributed by atoms with Crippen molar-refractivity contribution in [3.05, 3.63) is 29.7 Å². The highest BCUT2D eigenvalue weighted by molar-refractivity contribution is 5.56. The van der Waals surface area contributed by atoms with Crippen molar-refractivity contribution in [1.29, 1.82) is 0 Å². The monoisotopic (exact) mass is 289 g/mol. The third-order valence-corrected chi connectivity index (χ3v) is 4.24. The Morgan fingerprint density at radius 2 is 2.14 bits per heavy atom. The van der Waals surface area contributed by atoms with Crippen LogP contribution in [0.1, 0.15) is 37.0 Å². The first kappa shape index (κ1) is 14.4. The zero-order valence-electron chi connectivity index (χ0n) is 12.7. The summed E-state index contributed by atoms with van der Waals surface area (Å²) in [5, 5.41) is 17.6. The quantitative estimate of drug-likeness (QED) is 0.888. The van der Waals surface area contributed by atoms with Gasteiger partial charge >= 0.3 is 0 Å². The van der Waals surface area contributed by atoms with Gasteiger partial charge in [-0.1, -0.05) is 12.8 Å². The van der Waals surface area contributed by atoms with Crippen LogP contribution in [0.5, 0.6) is 0 Å². The summed E-state index contributed by atoms with van der Waals surface area (Å²) in [4.78, 5) is 2.16. The van der Waals surface area contributed by atoms with Gasteiger partial charge in [0.25, 0.3) is 0 Å². The van der Waals surface area contributed by atoms with E-state index in [9.17, 15) is 5.11 Å². The molecule has 0 unspecified atom stereocenters. The standard InChI is InChI=1S/C16H23N3O2/c1-12-5-6-14(21-12)15-13(9-17-18-15)10-19(2)11-16(20)7-3-4-8-16/h5-6,9,20H,3-4,7-8,10-11H2,1-2H3,(H,17,18). The predicted molar refractivity (Wildman–Crippen MR) is 80.8 cm³/mol. The lowest BCUT2D eigenvalue weighted by Crippen LogP contribution is -2.38. The summed E-state index contributed by atoms with van der Waals surface area (Å²) in [5.74, 6) is 1.70. The zero-order valence-corrected chi connectivity index (χ0v) is 12.7. The van der Waals surface area contributed by atoms with Gasteiger partial charge in [0.15, 0.2) is 5.76 Å². The number of aliphatic hydroxyl groups is 1. The van der Waals surface area contributed by atoms with Crippen molar-refractivity contribution in [1.82, 2.24) is 15.1 Å². The van der Waals surface area contributed by atoms with Gasteiger partial charge in [0.1, 0.15) is 11.5 Å². The zero-order chi connectivity index (χ0) is 14.9. The molecule has 0 radical (unpaired) electrons. The average molecular weight is 289 g/mol. The molecule has 0 amide bonds. The highest BCUT2D eigenvalue weighted by Crippen LogP contribution is 2.31. The first-order chi connectivity index (χ1) is 10.1. The Bertz CT molecular complexity index is 596. The number of rotatable bonds is 5. The van der Waals surface area contributed by atoms with Gasteiger partial charge in [0.2, 0.25) is 0 Å². The van der Waals surface area contributed by atoms with Gasteiger partial charge in [0.05, 0.1) is 11.8 Å². The van der Waals surface area contributed by atoms with Crippen LogP contribution in [0.2, 0.25) is 0 Å². The lowest BCUT2D eigenvalue weighted by atomic mass is 10.0. The van der Waals surface area contributed by atoms with E-state index >= 15 is 0 Å². The summed E-state index contributed by atoms with van der Waals surface area (Å²) in [5.41, 5.74) is 1.50. The average Bonchev–Trinajstić information content (AvgIpc) is 3.11. The fourth-order valence-electron chi connectivity index (χ4n) is 3.25. The van der Waals surface area contributed by atoms with Crippen molar-refractivity contribution in [2.45, 2.75) is 44.8 Å². The van der Waals surface area contributed by atoms with Crippen molar-refractivity contribution in [3.8, 4) is 11.5 Å². The molecule has 0 atom stereocenters. The Hall–Kier alpha value is -1.59. The van der Waals surface area contributed by atoms with Gasteiger partial charge in [-0.05, 0) is 38.9 Å². The molecular weight excluding hydrogens is 266 g/mol. The van der Waals surface area contributed by atoms with Crippen molar-refractivity contribution < 1.29 is 9.52 Å². The molecule has 2 N–H and O–H groups in total. The molecule has 1 fully saturated rings. The number of hydrogen-bond donors (Lipinski definition) is 2. The first-order valence-corrected chi connectivity index (χ1v) is 7.56. The minimum Gasteiger partial charge on any atom is -0.460 e. The van der Waals surface area contributed by atoms with Gasteiger partial charge < -0.3 is 9.52 Å². The SMILES string of the molecule is Cc1ccc(-c2[nH]ncc2CN(C)CC2(O)CCCC2)o1. The molecule has 21 heavy (non-hydrogen) atoms. The number of hydrogen-bond acceptors (Lipinski definition) is 4. The van der Waals surface area contributed by atoms with Crippen LogP contribution >= 0.6 is 0 Å². The molecule has 5 nitrogen and oxygen atoms in total. The summed E-state index contributed by atoms with van der Waals surface area (Å²) >= 11 is 0. The summed E-state index contributed by atoms with van der Waals surface area (Å²) in [6.45, 7) is 3.38. The Morgan fingerprint density at radius 1 is 1.38 bits per heavy atom. The minimum atomic E-state index is -0.514. The van der Waals surface area contributed by atoms with Crippen LogP contribution in [0.4, 0.5) is 0 Å². The van der Waals surface area contributed by atoms with Gasteiger partial charge in [0, 0.05) is 18.7 Å². The normalized spacial score (nSPS) is 17.7. The number of aryl methyl sites for hydroxylation is 1. The van der Waals surface area contributed by atoms with E-state index in [1.165, 1.54) is 0 Å². The van der Waals surface area contributed by atoms with Gasteiger partial charge in [-0.15, -0.1) is 0 Å². The number of furan rings is 1. The number of nitrogens with one attached hydrogen (secondary N) is 1. The van der Waals surface area contributed by atoms with Crippen molar-refractivity contribution >= 4 is 0 Å². The molecule has 0 bridgehead atoms. The van der Waals surface area contributed by atoms with Crippen LogP contribution in [0, 0.1) is 6.92 Å². The van der Waals surface area contributed by atoms with E-state index in [4.69, 9.17) is 4.42 Å². The van der Waals surface area contributed by atoms with Gasteiger partial charge in [-0.25, -0.2) is 0 Å². The van der Waals surface area contributed by atoms with Crippen LogP contribution in [-0.2, 0) is 6.54 Å². The summed E-state index contributed by atoms with van der Waals surface area (Å²) in [6, 6.07) is 3.90. The molecule has 1 aliphatic rings. The Labute approximate surface area is 125 Å². The van der Waals surface area contributed by atoms with E-state index in [0.717, 1.165) is 55.0 Å². The summed E-state index contributed by atoms with van der Waals surface area (Å²) in [6.07, 6.45) is 5.92. The predicted octanol–water partition coefficient (Wildman–Crippen LogP) is 2.72. The molecule has 2 aromatic heterocycles. The second-order valence-electron chi connectivity index (χ2n) is 6.28. The smallest absolute Gasteiger partial charge is 0.152 e. The summed E-state index contributed by atoms with van der Waals surface area (Å²) in [7, 11) is 2.04. The minimum absolute atomic E-state index is 0.514. The fraction of sp³-hybridized carbons (Fsp3) is 0.562. The largest absolute Gasteiger partial charge is 0.460 e. The van der Waals surface area contributed by atoms with Crippen LogP contribution in [0.3, 0.4) is 0 Å². The van der Waals surface area contributed by atoms with E-state index in [0.29, 0.717) is 6.54 Å². The van der Waals surface area contributed by atoms with Crippen molar-refractivity contribution in [2.24, 2.45) is 0 Å². The maximum Gasteiger partial charge on any atom is 0.152 e. The van der Waals surface area contributed by atoms with Crippen LogP contribution < -0.4 is 0 Å². The maximum atomic E-state index is 10.5. The number of aromatic amines is 1. The lowest BCUT2D eigenvalue weighted by molar-refractivity contribution is 0.0145. The van der Waals surface area contributed by atoms with Crippen molar-refractivity contribution in [3.63, 3.8) is 0 Å². The molecule has 1 saturated carbocycles. The van der Waals surface area contributed by atoms with E-state index in [1.807, 2.05) is 32.3 Å². The topological polar surface area (TPSA) is 65.3 Å². The molecular formula is C16H23N3O2. The maximum absolute atomic E-state index is 10.5. The molecule has 1 aliphatic carbocycles. The summed E-state index contributed by atoms with van der Waals surface area (Å²) < 4.78 is 5.66. The second-order valence-corrected chi connectivity index (χ2v) is 6.28. The third-order valence-electron chi connectivity index (χ3n) is 4.24. The Morgan fingerprint density at radius 3 is 2.81 bits per heavy atom. The molecule has 0 spiro atoms. The van der Waals surface area contributed by atoms with E-state index in [2.05, 4.69) is 15.1 Å². The number of aromatic nitrogens is 2. The number of nitrogens with zero attached hydrogens (tertiary/aromatic N) is 2. The van der Waals surface area contributed by atoms with E-state index in [1.54, 1.807) is 0 Å².